The Morgan fingerprint density at radius 2 is 2.04 bits per heavy atom. The van der Waals surface area contributed by atoms with Crippen molar-refractivity contribution >= 4 is 55.4 Å². The highest BCUT2D eigenvalue weighted by Gasteiger charge is 2.19. The zero-order valence-electron chi connectivity index (χ0n) is 14.2. The van der Waals surface area contributed by atoms with E-state index in [0.29, 0.717) is 21.1 Å². The Morgan fingerprint density at radius 1 is 1.22 bits per heavy atom. The number of fused-ring (bicyclic) bond motifs is 2. The van der Waals surface area contributed by atoms with Crippen LogP contribution in [0.4, 0.5) is 17.1 Å². The van der Waals surface area contributed by atoms with E-state index in [4.69, 9.17) is 5.73 Å². The van der Waals surface area contributed by atoms with Crippen molar-refractivity contribution in [2.45, 2.75) is 6.92 Å². The number of pyridine rings is 1. The number of hydrogen-bond donors (Lipinski definition) is 2. The van der Waals surface area contributed by atoms with Gasteiger partial charge in [0.15, 0.2) is 0 Å². The van der Waals surface area contributed by atoms with Crippen molar-refractivity contribution in [1.82, 2.24) is 4.98 Å². The Kier molecular flexibility index (Phi) is 3.97. The maximum Gasteiger partial charge on any atom is 0.271 e. The van der Waals surface area contributed by atoms with Crippen LogP contribution < -0.4 is 11.1 Å². The molecular formula is C19H14N4O3S. The van der Waals surface area contributed by atoms with Gasteiger partial charge in [0.25, 0.3) is 11.6 Å². The third kappa shape index (κ3) is 3.06. The second kappa shape index (κ2) is 6.33. The molecule has 4 rings (SSSR count). The number of nitrogens with two attached hydrogens (primary N) is 1. The summed E-state index contributed by atoms with van der Waals surface area (Å²) in [6.07, 6.45) is 0. The number of nitrogens with one attached hydrogen (secondary N) is 1. The molecule has 7 nitrogen and oxygen atoms in total. The lowest BCUT2D eigenvalue weighted by atomic mass is 10.1. The van der Waals surface area contributed by atoms with Crippen LogP contribution in [0.3, 0.4) is 0 Å². The predicted molar refractivity (Wildman–Crippen MR) is 107 cm³/mol. The molecule has 2 aromatic heterocycles. The number of nitro groups is 1. The number of carbonyl (C=O) groups excluding carboxylic acids is 1. The smallest absolute Gasteiger partial charge is 0.271 e. The third-order valence-corrected chi connectivity index (χ3v) is 5.31. The molecule has 2 heterocycles. The van der Waals surface area contributed by atoms with Crippen LogP contribution in [0, 0.1) is 17.0 Å². The number of hydrogen-bond acceptors (Lipinski definition) is 6. The molecule has 0 radical (unpaired) electrons. The van der Waals surface area contributed by atoms with E-state index >= 15 is 0 Å². The second-order valence-electron chi connectivity index (χ2n) is 6.14. The van der Waals surface area contributed by atoms with Gasteiger partial charge >= 0.3 is 0 Å². The maximum atomic E-state index is 12.7. The third-order valence-electron chi connectivity index (χ3n) is 4.19. The van der Waals surface area contributed by atoms with E-state index in [-0.39, 0.29) is 5.69 Å². The highest BCUT2D eigenvalue weighted by molar-refractivity contribution is 7.21. The molecule has 0 spiro atoms. The minimum atomic E-state index is -0.513. The van der Waals surface area contributed by atoms with E-state index in [1.54, 1.807) is 6.07 Å². The highest BCUT2D eigenvalue weighted by Crippen LogP contribution is 2.35. The molecule has 0 saturated heterocycles. The molecule has 1 amide bonds. The summed E-state index contributed by atoms with van der Waals surface area (Å²) in [6.45, 7) is 1.99. The quantitative estimate of drug-likeness (QED) is 0.403. The fourth-order valence-electron chi connectivity index (χ4n) is 2.86. The molecule has 0 aliphatic heterocycles. The lowest BCUT2D eigenvalue weighted by Gasteiger charge is -2.04. The van der Waals surface area contributed by atoms with Crippen LogP contribution in [0.1, 0.15) is 15.2 Å². The SMILES string of the molecule is Cc1ccc2cc3c(N)c(C(=O)Nc4cccc([N+](=O)[O-])c4)sc3nc2c1. The number of thiophene rings is 1. The summed E-state index contributed by atoms with van der Waals surface area (Å²) in [5.74, 6) is -0.420. The minimum absolute atomic E-state index is 0.0969. The summed E-state index contributed by atoms with van der Waals surface area (Å²) in [5, 5.41) is 15.2. The zero-order valence-corrected chi connectivity index (χ0v) is 15.0. The van der Waals surface area contributed by atoms with Crippen LogP contribution in [0.25, 0.3) is 21.1 Å². The van der Waals surface area contributed by atoms with E-state index in [0.717, 1.165) is 21.9 Å². The Hall–Kier alpha value is -3.52. The first-order valence-corrected chi connectivity index (χ1v) is 8.89. The van der Waals surface area contributed by atoms with Crippen LogP contribution in [-0.4, -0.2) is 15.8 Å². The van der Waals surface area contributed by atoms with Gasteiger partial charge in [0.05, 0.1) is 16.1 Å². The number of anilines is 2. The summed E-state index contributed by atoms with van der Waals surface area (Å²) in [4.78, 5) is 28.6. The molecule has 0 bridgehead atoms. The molecular weight excluding hydrogens is 364 g/mol. The van der Waals surface area contributed by atoms with Gasteiger partial charge in [-0.2, -0.15) is 0 Å². The summed E-state index contributed by atoms with van der Waals surface area (Å²) in [7, 11) is 0. The fourth-order valence-corrected chi connectivity index (χ4v) is 3.84. The number of nitrogens with zero attached hydrogens (tertiary/aromatic N) is 2. The first kappa shape index (κ1) is 16.9. The van der Waals surface area contributed by atoms with Crippen molar-refractivity contribution in [3.63, 3.8) is 0 Å². The van der Waals surface area contributed by atoms with Crippen LogP contribution in [0.15, 0.2) is 48.5 Å². The van der Waals surface area contributed by atoms with Gasteiger partial charge in [0.1, 0.15) is 9.71 Å². The number of non-ortho nitro benzene ring substituents is 1. The van der Waals surface area contributed by atoms with Gasteiger partial charge in [-0.3, -0.25) is 14.9 Å². The van der Waals surface area contributed by atoms with Gasteiger partial charge in [0, 0.05) is 28.6 Å². The number of rotatable bonds is 3. The predicted octanol–water partition coefficient (Wildman–Crippen LogP) is 4.50. The van der Waals surface area contributed by atoms with Crippen LogP contribution in [0.2, 0.25) is 0 Å². The lowest BCUT2D eigenvalue weighted by molar-refractivity contribution is -0.384. The van der Waals surface area contributed by atoms with E-state index in [1.165, 1.54) is 29.5 Å². The van der Waals surface area contributed by atoms with E-state index < -0.39 is 10.8 Å². The second-order valence-corrected chi connectivity index (χ2v) is 7.14. The number of amides is 1. The summed E-state index contributed by atoms with van der Waals surface area (Å²) >= 11 is 1.20. The number of nitro benzene ring substituents is 1. The van der Waals surface area contributed by atoms with Crippen LogP contribution in [-0.2, 0) is 0 Å². The summed E-state index contributed by atoms with van der Waals surface area (Å²) < 4.78 is 0. The van der Waals surface area contributed by atoms with Crippen molar-refractivity contribution < 1.29 is 9.72 Å². The monoisotopic (exact) mass is 378 g/mol. The normalized spacial score (nSPS) is 11.0. The van der Waals surface area contributed by atoms with Gasteiger partial charge in [-0.1, -0.05) is 18.2 Å². The minimum Gasteiger partial charge on any atom is -0.397 e. The number of benzene rings is 2. The average molecular weight is 378 g/mol. The molecule has 0 saturated carbocycles. The van der Waals surface area contributed by atoms with Gasteiger partial charge in [-0.25, -0.2) is 4.98 Å². The fraction of sp³-hybridized carbons (Fsp3) is 0.0526. The molecule has 0 unspecified atom stereocenters. The van der Waals surface area contributed by atoms with Crippen molar-refractivity contribution in [2.24, 2.45) is 0 Å². The molecule has 0 aliphatic rings. The Balaban J connectivity index is 1.73. The Labute approximate surface area is 157 Å². The number of carbonyl (C=O) groups is 1. The first-order chi connectivity index (χ1) is 12.9. The van der Waals surface area contributed by atoms with Gasteiger partial charge in [-0.15, -0.1) is 11.3 Å². The molecule has 0 fully saturated rings. The Bertz CT molecular complexity index is 1230. The zero-order chi connectivity index (χ0) is 19.1. The van der Waals surface area contributed by atoms with Crippen LogP contribution >= 0.6 is 11.3 Å². The largest absolute Gasteiger partial charge is 0.397 e. The van der Waals surface area contributed by atoms with Crippen molar-refractivity contribution in [2.75, 3.05) is 11.1 Å². The van der Waals surface area contributed by atoms with E-state index in [1.807, 2.05) is 31.2 Å². The van der Waals surface area contributed by atoms with Gasteiger partial charge in [-0.05, 0) is 30.7 Å². The van der Waals surface area contributed by atoms with Gasteiger partial charge in [0.2, 0.25) is 0 Å². The van der Waals surface area contributed by atoms with Crippen molar-refractivity contribution in [1.29, 1.82) is 0 Å². The lowest BCUT2D eigenvalue weighted by Crippen LogP contribution is -2.12. The van der Waals surface area contributed by atoms with Crippen LogP contribution in [0.5, 0.6) is 0 Å². The van der Waals surface area contributed by atoms with Gasteiger partial charge < -0.3 is 11.1 Å². The number of aryl methyl sites for hydroxylation is 1. The Morgan fingerprint density at radius 3 is 2.81 bits per heavy atom. The number of nitrogen functional groups attached to an aromatic ring is 1. The molecule has 134 valence electrons. The summed E-state index contributed by atoms with van der Waals surface area (Å²) in [5.41, 5.74) is 8.73. The maximum absolute atomic E-state index is 12.7. The molecule has 0 atom stereocenters. The average Bonchev–Trinajstić information content (AvgIpc) is 2.96. The molecule has 2 aromatic carbocycles. The molecule has 0 aliphatic carbocycles. The molecule has 8 heteroatoms. The number of aromatic nitrogens is 1. The molecule has 27 heavy (non-hydrogen) atoms. The molecule has 3 N–H and O–H groups in total. The highest BCUT2D eigenvalue weighted by atomic mass is 32.1. The first-order valence-electron chi connectivity index (χ1n) is 8.07. The van der Waals surface area contributed by atoms with Crippen molar-refractivity contribution in [3.05, 3.63) is 69.1 Å². The van der Waals surface area contributed by atoms with E-state index in [2.05, 4.69) is 10.3 Å². The topological polar surface area (TPSA) is 111 Å². The standard InChI is InChI=1S/C19H14N4O3S/c1-10-5-6-11-8-14-16(20)17(27-19(14)22-15(11)7-10)18(24)21-12-3-2-4-13(9-12)23(25)26/h2-9H,20H2,1H3,(H,21,24). The van der Waals surface area contributed by atoms with E-state index in [9.17, 15) is 14.9 Å². The summed E-state index contributed by atoms with van der Waals surface area (Å²) in [6, 6.07) is 13.6. The molecule has 4 aromatic rings. The van der Waals surface area contributed by atoms with Crippen molar-refractivity contribution in [3.8, 4) is 0 Å².